The maximum Gasteiger partial charge on any atom is 0.155 e. The van der Waals surface area contributed by atoms with Crippen molar-refractivity contribution >= 4 is 5.78 Å². The molecule has 2 nitrogen and oxygen atoms in total. The minimum atomic E-state index is 0.271. The van der Waals surface area contributed by atoms with Gasteiger partial charge in [-0.05, 0) is 80.1 Å². The smallest absolute Gasteiger partial charge is 0.155 e. The number of aliphatic hydroxyl groups excluding tert-OH is 1. The molecule has 0 bridgehead atoms. The summed E-state index contributed by atoms with van der Waals surface area (Å²) < 4.78 is 0. The Morgan fingerprint density at radius 2 is 2.00 bits per heavy atom. The van der Waals surface area contributed by atoms with Gasteiger partial charge in [0.25, 0.3) is 0 Å². The maximum absolute atomic E-state index is 11.6. The monoisotopic (exact) mass is 274 g/mol. The Morgan fingerprint density at radius 1 is 1.10 bits per heavy atom. The van der Waals surface area contributed by atoms with Crippen molar-refractivity contribution in [2.24, 2.45) is 29.1 Å². The van der Waals surface area contributed by atoms with Crippen LogP contribution >= 0.6 is 0 Å². The summed E-state index contributed by atoms with van der Waals surface area (Å²) in [5.74, 6) is 3.46. The first-order valence-corrected chi connectivity index (χ1v) is 8.58. The van der Waals surface area contributed by atoms with E-state index in [0.29, 0.717) is 18.3 Å². The first kappa shape index (κ1) is 13.1. The predicted molar refractivity (Wildman–Crippen MR) is 78.1 cm³/mol. The van der Waals surface area contributed by atoms with Gasteiger partial charge in [-0.25, -0.2) is 0 Å². The summed E-state index contributed by atoms with van der Waals surface area (Å²) in [5, 5.41) is 9.95. The van der Waals surface area contributed by atoms with E-state index in [9.17, 15) is 9.90 Å². The molecular weight excluding hydrogens is 248 g/mol. The van der Waals surface area contributed by atoms with E-state index in [1.807, 2.05) is 6.08 Å². The van der Waals surface area contributed by atoms with Crippen molar-refractivity contribution in [1.29, 1.82) is 0 Å². The molecule has 4 rings (SSSR count). The average Bonchev–Trinajstić information content (AvgIpc) is 2.91. The summed E-state index contributed by atoms with van der Waals surface area (Å²) in [6.07, 6.45) is 12.7. The summed E-state index contributed by atoms with van der Waals surface area (Å²) >= 11 is 0. The molecule has 0 aromatic carbocycles. The molecule has 3 fully saturated rings. The van der Waals surface area contributed by atoms with E-state index in [1.165, 1.54) is 44.1 Å². The molecule has 0 aromatic rings. The van der Waals surface area contributed by atoms with Gasteiger partial charge in [0.05, 0.1) is 0 Å². The molecule has 0 heterocycles. The topological polar surface area (TPSA) is 37.3 Å². The first-order chi connectivity index (χ1) is 9.73. The lowest BCUT2D eigenvalue weighted by molar-refractivity contribution is -0.116. The third-order valence-corrected chi connectivity index (χ3v) is 7.14. The number of fused-ring (bicyclic) bond motifs is 5. The Labute approximate surface area is 121 Å². The van der Waals surface area contributed by atoms with Crippen LogP contribution in [0.5, 0.6) is 0 Å². The summed E-state index contributed by atoms with van der Waals surface area (Å²) in [6, 6.07) is 0. The molecule has 0 amide bonds. The van der Waals surface area contributed by atoms with E-state index in [4.69, 9.17) is 0 Å². The highest BCUT2D eigenvalue weighted by Gasteiger charge is 2.54. The molecule has 4 aliphatic rings. The van der Waals surface area contributed by atoms with Crippen LogP contribution in [0.2, 0.25) is 0 Å². The Morgan fingerprint density at radius 3 is 2.85 bits per heavy atom. The van der Waals surface area contributed by atoms with Crippen LogP contribution in [-0.2, 0) is 4.79 Å². The largest absolute Gasteiger partial charge is 0.396 e. The van der Waals surface area contributed by atoms with Crippen LogP contribution < -0.4 is 0 Å². The van der Waals surface area contributed by atoms with Crippen LogP contribution in [-0.4, -0.2) is 17.5 Å². The zero-order valence-corrected chi connectivity index (χ0v) is 12.3. The van der Waals surface area contributed by atoms with Crippen molar-refractivity contribution in [2.45, 2.75) is 57.8 Å². The summed E-state index contributed by atoms with van der Waals surface area (Å²) in [5.41, 5.74) is 1.74. The average molecular weight is 274 g/mol. The zero-order valence-electron chi connectivity index (χ0n) is 12.3. The lowest BCUT2D eigenvalue weighted by Crippen LogP contribution is -2.47. The van der Waals surface area contributed by atoms with Crippen LogP contribution in [0.15, 0.2) is 11.6 Å². The molecule has 110 valence electrons. The number of hydrogen-bond donors (Lipinski definition) is 1. The quantitative estimate of drug-likeness (QED) is 0.794. The molecule has 3 saturated carbocycles. The minimum absolute atomic E-state index is 0.271. The van der Waals surface area contributed by atoms with Gasteiger partial charge in [0.15, 0.2) is 5.78 Å². The first-order valence-electron chi connectivity index (χ1n) is 8.58. The molecule has 2 heteroatoms. The van der Waals surface area contributed by atoms with Gasteiger partial charge in [0.2, 0.25) is 0 Å². The lowest BCUT2D eigenvalue weighted by Gasteiger charge is -2.53. The van der Waals surface area contributed by atoms with Crippen molar-refractivity contribution in [3.63, 3.8) is 0 Å². The number of aliphatic hydroxyl groups is 1. The van der Waals surface area contributed by atoms with Crippen LogP contribution in [0.1, 0.15) is 57.8 Å². The normalized spacial score (nSPS) is 47.2. The van der Waals surface area contributed by atoms with Gasteiger partial charge in [-0.3, -0.25) is 4.79 Å². The number of rotatable bonds is 1. The predicted octanol–water partition coefficient (Wildman–Crippen LogP) is 3.49. The van der Waals surface area contributed by atoms with Gasteiger partial charge in [0, 0.05) is 13.0 Å². The Bertz CT molecular complexity index is 452. The van der Waals surface area contributed by atoms with Gasteiger partial charge >= 0.3 is 0 Å². The third kappa shape index (κ3) is 1.76. The van der Waals surface area contributed by atoms with E-state index in [0.717, 1.165) is 37.0 Å². The highest BCUT2D eigenvalue weighted by Crippen LogP contribution is 2.61. The molecule has 5 atom stereocenters. The fraction of sp³-hybridized carbons (Fsp3) is 0.833. The molecular formula is C18H26O2. The molecule has 1 N–H and O–H groups in total. The van der Waals surface area contributed by atoms with E-state index in [1.54, 1.807) is 0 Å². The Balaban J connectivity index is 1.63. The van der Waals surface area contributed by atoms with E-state index < -0.39 is 0 Å². The van der Waals surface area contributed by atoms with Crippen molar-refractivity contribution in [3.05, 3.63) is 11.6 Å². The maximum atomic E-state index is 11.6. The number of carbonyl (C=O) groups excluding carboxylic acids is 1. The van der Waals surface area contributed by atoms with E-state index in [-0.39, 0.29) is 5.41 Å². The van der Waals surface area contributed by atoms with Crippen molar-refractivity contribution in [2.75, 3.05) is 6.61 Å². The van der Waals surface area contributed by atoms with Crippen LogP contribution in [0, 0.1) is 29.1 Å². The molecule has 0 aliphatic heterocycles. The molecule has 20 heavy (non-hydrogen) atoms. The van der Waals surface area contributed by atoms with Gasteiger partial charge in [-0.2, -0.15) is 0 Å². The highest BCUT2D eigenvalue weighted by molar-refractivity contribution is 5.91. The second-order valence-corrected chi connectivity index (χ2v) is 7.76. The zero-order chi connectivity index (χ0) is 13.7. The second kappa shape index (κ2) is 4.69. The number of carbonyl (C=O) groups is 1. The van der Waals surface area contributed by atoms with Gasteiger partial charge in [-0.1, -0.05) is 12.0 Å². The molecule has 0 radical (unpaired) electrons. The summed E-state index contributed by atoms with van der Waals surface area (Å²) in [7, 11) is 0. The fourth-order valence-electron chi connectivity index (χ4n) is 6.25. The van der Waals surface area contributed by atoms with Crippen LogP contribution in [0.3, 0.4) is 0 Å². The van der Waals surface area contributed by atoms with Crippen molar-refractivity contribution in [3.8, 4) is 0 Å². The summed E-state index contributed by atoms with van der Waals surface area (Å²) in [4.78, 5) is 11.6. The molecule has 0 aromatic heterocycles. The number of ketones is 1. The van der Waals surface area contributed by atoms with E-state index in [2.05, 4.69) is 0 Å². The lowest BCUT2D eigenvalue weighted by atomic mass is 9.52. The van der Waals surface area contributed by atoms with Crippen molar-refractivity contribution < 1.29 is 9.90 Å². The molecule has 4 aliphatic carbocycles. The Kier molecular flexibility index (Phi) is 3.06. The second-order valence-electron chi connectivity index (χ2n) is 7.76. The molecule has 0 spiro atoms. The van der Waals surface area contributed by atoms with Gasteiger partial charge in [-0.15, -0.1) is 0 Å². The van der Waals surface area contributed by atoms with Gasteiger partial charge in [0.1, 0.15) is 0 Å². The standard InChI is InChI=1S/C18H26O2/c19-11-18-8-1-2-17(18)16-5-3-12-10-13(20)4-6-14(12)15(16)7-9-18/h10,14-17,19H,1-9,11H2/t14-,15+,16+,17-,18-/m0/s1. The fourth-order valence-corrected chi connectivity index (χ4v) is 6.25. The van der Waals surface area contributed by atoms with E-state index >= 15 is 0 Å². The molecule has 0 saturated heterocycles. The minimum Gasteiger partial charge on any atom is -0.396 e. The highest BCUT2D eigenvalue weighted by atomic mass is 16.3. The Hall–Kier alpha value is -0.630. The number of hydrogen-bond acceptors (Lipinski definition) is 2. The summed E-state index contributed by atoms with van der Waals surface area (Å²) in [6.45, 7) is 0.409. The van der Waals surface area contributed by atoms with Crippen LogP contribution in [0.4, 0.5) is 0 Å². The third-order valence-electron chi connectivity index (χ3n) is 7.14. The molecule has 0 unspecified atom stereocenters. The number of allylic oxidation sites excluding steroid dienone is 1. The van der Waals surface area contributed by atoms with Gasteiger partial charge < -0.3 is 5.11 Å². The van der Waals surface area contributed by atoms with Crippen LogP contribution in [0.25, 0.3) is 0 Å². The SMILES string of the molecule is O=C1C=C2CC[C@@H]3[C@H](CC[C@]4(CO)CCC[C@@H]34)[C@H]2CC1. The van der Waals surface area contributed by atoms with Crippen molar-refractivity contribution in [1.82, 2.24) is 0 Å².